The van der Waals surface area contributed by atoms with Gasteiger partial charge >= 0.3 is 5.97 Å². The number of carbonyl (C=O) groups is 1. The van der Waals surface area contributed by atoms with Crippen molar-refractivity contribution in [1.82, 2.24) is 15.0 Å². The van der Waals surface area contributed by atoms with E-state index in [1.165, 1.54) is 6.07 Å². The first-order chi connectivity index (χ1) is 12.7. The molecule has 6 nitrogen and oxygen atoms in total. The van der Waals surface area contributed by atoms with Gasteiger partial charge < -0.3 is 10.0 Å². The number of benzene rings is 3. The van der Waals surface area contributed by atoms with E-state index in [-0.39, 0.29) is 5.56 Å². The van der Waals surface area contributed by atoms with Crippen molar-refractivity contribution in [2.24, 2.45) is 0 Å². The van der Waals surface area contributed by atoms with Gasteiger partial charge in [-0.1, -0.05) is 41.6 Å². The number of nitrogens with zero attached hydrogens (tertiary/aromatic N) is 4. The molecule has 0 spiro atoms. The van der Waals surface area contributed by atoms with Gasteiger partial charge in [-0.15, -0.1) is 5.10 Å². The van der Waals surface area contributed by atoms with Crippen molar-refractivity contribution in [3.05, 3.63) is 84.4 Å². The summed E-state index contributed by atoms with van der Waals surface area (Å²) in [5, 5.41) is 17.5. The lowest BCUT2D eigenvalue weighted by Gasteiger charge is -2.25. The number of hydrogen-bond acceptors (Lipinski definition) is 4. The van der Waals surface area contributed by atoms with Crippen LogP contribution in [0.4, 0.5) is 11.4 Å². The standard InChI is InChI=1S/C20H16N4O2/c25-20(26)15-11-12-19-18(13-15)21-22-24(19)14-23(16-7-3-1-4-8-16)17-9-5-2-6-10-17/h1-13H,14H2,(H,25,26). The molecule has 4 rings (SSSR count). The summed E-state index contributed by atoms with van der Waals surface area (Å²) in [6, 6.07) is 24.9. The topological polar surface area (TPSA) is 71.2 Å². The van der Waals surface area contributed by atoms with Crippen molar-refractivity contribution >= 4 is 28.4 Å². The molecule has 1 aromatic heterocycles. The first-order valence-corrected chi connectivity index (χ1v) is 8.16. The third kappa shape index (κ3) is 3.00. The molecule has 6 heteroatoms. The van der Waals surface area contributed by atoms with Crippen molar-refractivity contribution < 1.29 is 9.90 Å². The fourth-order valence-electron chi connectivity index (χ4n) is 2.87. The minimum Gasteiger partial charge on any atom is -0.478 e. The Bertz CT molecular complexity index is 1010. The van der Waals surface area contributed by atoms with Crippen LogP contribution in [0.5, 0.6) is 0 Å². The molecule has 128 valence electrons. The number of hydrogen-bond donors (Lipinski definition) is 1. The zero-order valence-electron chi connectivity index (χ0n) is 13.9. The molecule has 0 fully saturated rings. The van der Waals surface area contributed by atoms with E-state index in [4.69, 9.17) is 5.11 Å². The van der Waals surface area contributed by atoms with Crippen LogP contribution in [0.25, 0.3) is 11.0 Å². The fraction of sp³-hybridized carbons (Fsp3) is 0.0500. The quantitative estimate of drug-likeness (QED) is 0.594. The molecule has 0 amide bonds. The molecule has 0 unspecified atom stereocenters. The Morgan fingerprint density at radius 1 is 0.923 bits per heavy atom. The predicted molar refractivity (Wildman–Crippen MR) is 99.5 cm³/mol. The van der Waals surface area contributed by atoms with E-state index < -0.39 is 5.97 Å². The highest BCUT2D eigenvalue weighted by atomic mass is 16.4. The van der Waals surface area contributed by atoms with Gasteiger partial charge in [-0.05, 0) is 42.5 Å². The summed E-state index contributed by atoms with van der Waals surface area (Å²) in [5.41, 5.74) is 3.61. The first-order valence-electron chi connectivity index (χ1n) is 8.16. The van der Waals surface area contributed by atoms with Crippen LogP contribution in [0.15, 0.2) is 78.9 Å². The number of fused-ring (bicyclic) bond motifs is 1. The van der Waals surface area contributed by atoms with Gasteiger partial charge in [-0.3, -0.25) is 0 Å². The molecule has 0 atom stereocenters. The van der Waals surface area contributed by atoms with Crippen LogP contribution in [0.1, 0.15) is 10.4 Å². The Balaban J connectivity index is 1.75. The third-order valence-corrected chi connectivity index (χ3v) is 4.17. The molecule has 1 heterocycles. The molecule has 3 aromatic carbocycles. The van der Waals surface area contributed by atoms with Crippen LogP contribution >= 0.6 is 0 Å². The van der Waals surface area contributed by atoms with Crippen LogP contribution in [0.3, 0.4) is 0 Å². The highest BCUT2D eigenvalue weighted by molar-refractivity contribution is 5.92. The average molecular weight is 344 g/mol. The zero-order chi connectivity index (χ0) is 17.9. The van der Waals surface area contributed by atoms with Gasteiger partial charge in [0.1, 0.15) is 12.2 Å². The van der Waals surface area contributed by atoms with E-state index >= 15 is 0 Å². The summed E-state index contributed by atoms with van der Waals surface area (Å²) < 4.78 is 1.76. The van der Waals surface area contributed by atoms with Crippen LogP contribution in [0, 0.1) is 0 Å². The number of aromatic carboxylic acids is 1. The second kappa shape index (κ2) is 6.68. The zero-order valence-corrected chi connectivity index (χ0v) is 13.9. The molecule has 1 N–H and O–H groups in total. The van der Waals surface area contributed by atoms with Crippen molar-refractivity contribution in [3.63, 3.8) is 0 Å². The van der Waals surface area contributed by atoms with Gasteiger partial charge in [0.05, 0.1) is 11.1 Å². The number of rotatable bonds is 5. The summed E-state index contributed by atoms with van der Waals surface area (Å²) in [6.45, 7) is 0.455. The van der Waals surface area contributed by atoms with E-state index in [2.05, 4.69) is 15.2 Å². The fourth-order valence-corrected chi connectivity index (χ4v) is 2.87. The SMILES string of the molecule is O=C(O)c1ccc2c(c1)nnn2CN(c1ccccc1)c1ccccc1. The number of para-hydroxylation sites is 2. The van der Waals surface area contributed by atoms with Gasteiger partial charge in [0.25, 0.3) is 0 Å². The second-order valence-corrected chi connectivity index (χ2v) is 5.84. The lowest BCUT2D eigenvalue weighted by molar-refractivity contribution is 0.0697. The average Bonchev–Trinajstić information content (AvgIpc) is 3.09. The third-order valence-electron chi connectivity index (χ3n) is 4.17. The smallest absolute Gasteiger partial charge is 0.335 e. The Labute approximate surface area is 149 Å². The van der Waals surface area contributed by atoms with E-state index in [1.54, 1.807) is 16.8 Å². The van der Waals surface area contributed by atoms with E-state index in [1.807, 2.05) is 60.7 Å². The molecular formula is C20H16N4O2. The Hall–Kier alpha value is -3.67. The molecule has 0 saturated heterocycles. The maximum Gasteiger partial charge on any atom is 0.335 e. The molecular weight excluding hydrogens is 328 g/mol. The van der Waals surface area contributed by atoms with Gasteiger partial charge in [0, 0.05) is 11.4 Å². The monoisotopic (exact) mass is 344 g/mol. The summed E-state index contributed by atoms with van der Waals surface area (Å²) in [6.07, 6.45) is 0. The molecule has 0 bridgehead atoms. The minimum atomic E-state index is -0.975. The number of aromatic nitrogens is 3. The number of carboxylic acid groups (broad SMARTS) is 1. The highest BCUT2D eigenvalue weighted by Crippen LogP contribution is 2.26. The first kappa shape index (κ1) is 15.8. The lowest BCUT2D eigenvalue weighted by atomic mass is 10.2. The van der Waals surface area contributed by atoms with Crippen LogP contribution in [0.2, 0.25) is 0 Å². The van der Waals surface area contributed by atoms with Crippen molar-refractivity contribution in [2.45, 2.75) is 6.67 Å². The summed E-state index contributed by atoms with van der Waals surface area (Å²) in [7, 11) is 0. The highest BCUT2D eigenvalue weighted by Gasteiger charge is 2.14. The number of anilines is 2. The number of carboxylic acids is 1. The molecule has 0 aliphatic heterocycles. The van der Waals surface area contributed by atoms with E-state index in [0.29, 0.717) is 12.2 Å². The maximum absolute atomic E-state index is 11.1. The minimum absolute atomic E-state index is 0.201. The van der Waals surface area contributed by atoms with E-state index in [9.17, 15) is 4.79 Å². The summed E-state index contributed by atoms with van der Waals surface area (Å²) in [5.74, 6) is -0.975. The lowest BCUT2D eigenvalue weighted by Crippen LogP contribution is -2.21. The molecule has 0 saturated carbocycles. The van der Waals surface area contributed by atoms with Crippen molar-refractivity contribution in [3.8, 4) is 0 Å². The van der Waals surface area contributed by atoms with Crippen molar-refractivity contribution in [2.75, 3.05) is 4.90 Å². The van der Waals surface area contributed by atoms with Gasteiger partial charge in [0.2, 0.25) is 0 Å². The largest absolute Gasteiger partial charge is 0.478 e. The molecule has 0 aliphatic carbocycles. The normalized spacial score (nSPS) is 10.8. The molecule has 0 radical (unpaired) electrons. The molecule has 26 heavy (non-hydrogen) atoms. The Morgan fingerprint density at radius 3 is 2.12 bits per heavy atom. The Morgan fingerprint density at radius 2 is 1.54 bits per heavy atom. The molecule has 0 aliphatic rings. The summed E-state index contributed by atoms with van der Waals surface area (Å²) >= 11 is 0. The Kier molecular flexibility index (Phi) is 4.07. The predicted octanol–water partition coefficient (Wildman–Crippen LogP) is 3.93. The van der Waals surface area contributed by atoms with Gasteiger partial charge in [-0.25, -0.2) is 9.48 Å². The summed E-state index contributed by atoms with van der Waals surface area (Å²) in [4.78, 5) is 13.3. The van der Waals surface area contributed by atoms with Crippen LogP contribution in [-0.2, 0) is 6.67 Å². The van der Waals surface area contributed by atoms with Gasteiger partial charge in [-0.2, -0.15) is 0 Å². The maximum atomic E-state index is 11.1. The van der Waals surface area contributed by atoms with E-state index in [0.717, 1.165) is 16.9 Å². The molecule has 4 aromatic rings. The van der Waals surface area contributed by atoms with Gasteiger partial charge in [0.15, 0.2) is 0 Å². The second-order valence-electron chi connectivity index (χ2n) is 5.84. The van der Waals surface area contributed by atoms with Crippen LogP contribution in [-0.4, -0.2) is 26.1 Å². The van der Waals surface area contributed by atoms with Crippen molar-refractivity contribution in [1.29, 1.82) is 0 Å². The van der Waals surface area contributed by atoms with Crippen LogP contribution < -0.4 is 4.90 Å².